The standard InChI is InChI=1S/C20H21N5O2S2/c1-3-24(4-2)29(26,27)18-12-8-9-16(15-18)19-22-23-20(28-14-13-21)25(19)17-10-6-5-7-11-17/h5-12,15H,3-4,14H2,1-2H3. The molecule has 0 radical (unpaired) electrons. The first kappa shape index (κ1) is 21.0. The van der Waals surface area contributed by atoms with Crippen molar-refractivity contribution in [2.24, 2.45) is 0 Å². The van der Waals surface area contributed by atoms with Gasteiger partial charge in [-0.15, -0.1) is 10.2 Å². The number of nitrogens with zero attached hydrogens (tertiary/aromatic N) is 5. The number of rotatable bonds is 8. The van der Waals surface area contributed by atoms with Gasteiger partial charge in [0.25, 0.3) is 0 Å². The topological polar surface area (TPSA) is 91.9 Å². The molecule has 0 unspecified atom stereocenters. The molecule has 7 nitrogen and oxygen atoms in total. The van der Waals surface area contributed by atoms with Gasteiger partial charge in [-0.25, -0.2) is 8.42 Å². The summed E-state index contributed by atoms with van der Waals surface area (Å²) in [5.74, 6) is 0.759. The number of para-hydroxylation sites is 1. The summed E-state index contributed by atoms with van der Waals surface area (Å²) < 4.78 is 29.1. The zero-order valence-corrected chi connectivity index (χ0v) is 17.8. The van der Waals surface area contributed by atoms with Gasteiger partial charge in [0, 0.05) is 24.3 Å². The van der Waals surface area contributed by atoms with Gasteiger partial charge in [-0.2, -0.15) is 9.57 Å². The number of thioether (sulfide) groups is 1. The van der Waals surface area contributed by atoms with E-state index in [2.05, 4.69) is 16.3 Å². The molecule has 0 amide bonds. The Bertz CT molecular complexity index is 1120. The smallest absolute Gasteiger partial charge is 0.243 e. The van der Waals surface area contributed by atoms with Gasteiger partial charge in [-0.1, -0.05) is 55.9 Å². The number of hydrogen-bond acceptors (Lipinski definition) is 6. The highest BCUT2D eigenvalue weighted by molar-refractivity contribution is 7.99. The minimum atomic E-state index is -3.59. The van der Waals surface area contributed by atoms with E-state index in [1.807, 2.05) is 54.8 Å². The van der Waals surface area contributed by atoms with Gasteiger partial charge >= 0.3 is 0 Å². The van der Waals surface area contributed by atoms with Crippen molar-refractivity contribution in [3.63, 3.8) is 0 Å². The maximum Gasteiger partial charge on any atom is 0.243 e. The maximum absolute atomic E-state index is 12.9. The van der Waals surface area contributed by atoms with Crippen molar-refractivity contribution in [2.75, 3.05) is 18.8 Å². The Hall–Kier alpha value is -2.67. The molecule has 1 aromatic heterocycles. The van der Waals surface area contributed by atoms with Crippen LogP contribution in [-0.4, -0.2) is 46.3 Å². The SMILES string of the molecule is CCN(CC)S(=O)(=O)c1cccc(-c2nnc(SCC#N)n2-c2ccccc2)c1. The highest BCUT2D eigenvalue weighted by Gasteiger charge is 2.23. The summed E-state index contributed by atoms with van der Waals surface area (Å²) in [4.78, 5) is 0.215. The van der Waals surface area contributed by atoms with Crippen LogP contribution >= 0.6 is 11.8 Å². The van der Waals surface area contributed by atoms with E-state index in [0.29, 0.717) is 29.6 Å². The van der Waals surface area contributed by atoms with Gasteiger partial charge in [-0.05, 0) is 24.3 Å². The lowest BCUT2D eigenvalue weighted by Gasteiger charge is -2.18. The Kier molecular flexibility index (Phi) is 6.69. The minimum absolute atomic E-state index is 0.215. The second kappa shape index (κ2) is 9.22. The fraction of sp³-hybridized carbons (Fsp3) is 0.250. The van der Waals surface area contributed by atoms with Crippen molar-refractivity contribution < 1.29 is 8.42 Å². The first-order valence-corrected chi connectivity index (χ1v) is 11.6. The number of sulfonamides is 1. The van der Waals surface area contributed by atoms with Crippen LogP contribution in [0.2, 0.25) is 0 Å². The second-order valence-corrected chi connectivity index (χ2v) is 8.92. The van der Waals surface area contributed by atoms with Crippen LogP contribution in [0.15, 0.2) is 64.6 Å². The molecule has 3 rings (SSSR count). The predicted molar refractivity (Wildman–Crippen MR) is 113 cm³/mol. The van der Waals surface area contributed by atoms with Crippen LogP contribution in [0.5, 0.6) is 0 Å². The van der Waals surface area contributed by atoms with Crippen LogP contribution in [0, 0.1) is 11.3 Å². The van der Waals surface area contributed by atoms with E-state index in [9.17, 15) is 8.42 Å². The molecule has 0 saturated heterocycles. The summed E-state index contributed by atoms with van der Waals surface area (Å²) in [5.41, 5.74) is 1.48. The molecule has 0 aliphatic carbocycles. The Labute approximate surface area is 175 Å². The molecule has 0 fully saturated rings. The van der Waals surface area contributed by atoms with Crippen LogP contribution in [-0.2, 0) is 10.0 Å². The lowest BCUT2D eigenvalue weighted by atomic mass is 10.2. The van der Waals surface area contributed by atoms with Crippen molar-refractivity contribution >= 4 is 21.8 Å². The Balaban J connectivity index is 2.13. The van der Waals surface area contributed by atoms with Crippen LogP contribution < -0.4 is 0 Å². The van der Waals surface area contributed by atoms with Crippen LogP contribution in [0.3, 0.4) is 0 Å². The molecule has 0 aliphatic heterocycles. The molecule has 0 aliphatic rings. The molecule has 0 saturated carbocycles. The molecule has 0 atom stereocenters. The first-order chi connectivity index (χ1) is 14.0. The normalized spacial score (nSPS) is 11.5. The van der Waals surface area contributed by atoms with Crippen molar-refractivity contribution in [1.29, 1.82) is 5.26 Å². The molecular weight excluding hydrogens is 406 g/mol. The molecule has 1 heterocycles. The lowest BCUT2D eigenvalue weighted by Crippen LogP contribution is -2.30. The molecular formula is C20H21N5O2S2. The van der Waals surface area contributed by atoms with Crippen LogP contribution in [0.4, 0.5) is 0 Å². The molecule has 150 valence electrons. The average Bonchev–Trinajstić information content (AvgIpc) is 3.17. The number of nitriles is 1. The first-order valence-electron chi connectivity index (χ1n) is 9.14. The lowest BCUT2D eigenvalue weighted by molar-refractivity contribution is 0.445. The molecule has 9 heteroatoms. The molecule has 2 aromatic carbocycles. The minimum Gasteiger partial charge on any atom is -0.270 e. The fourth-order valence-corrected chi connectivity index (χ4v) is 5.08. The van der Waals surface area contributed by atoms with Gasteiger partial charge in [0.1, 0.15) is 0 Å². The van der Waals surface area contributed by atoms with E-state index in [1.54, 1.807) is 18.2 Å². The Morgan fingerprint density at radius 1 is 1.07 bits per heavy atom. The van der Waals surface area contributed by atoms with Gasteiger partial charge in [-0.3, -0.25) is 4.57 Å². The van der Waals surface area contributed by atoms with Gasteiger partial charge in [0.15, 0.2) is 11.0 Å². The van der Waals surface area contributed by atoms with Crippen LogP contribution in [0.1, 0.15) is 13.8 Å². The molecule has 3 aromatic rings. The largest absolute Gasteiger partial charge is 0.270 e. The number of hydrogen-bond donors (Lipinski definition) is 0. The third-order valence-corrected chi connectivity index (χ3v) is 7.19. The second-order valence-electron chi connectivity index (χ2n) is 6.04. The van der Waals surface area contributed by atoms with Gasteiger partial charge < -0.3 is 0 Å². The monoisotopic (exact) mass is 427 g/mol. The maximum atomic E-state index is 12.9. The third-order valence-electron chi connectivity index (χ3n) is 4.35. The predicted octanol–water partition coefficient (Wildman–Crippen LogP) is 3.58. The van der Waals surface area contributed by atoms with E-state index in [-0.39, 0.29) is 10.6 Å². The van der Waals surface area contributed by atoms with Crippen molar-refractivity contribution in [3.05, 3.63) is 54.6 Å². The van der Waals surface area contributed by atoms with Crippen molar-refractivity contribution in [1.82, 2.24) is 19.1 Å². The molecule has 0 N–H and O–H groups in total. The van der Waals surface area contributed by atoms with Crippen molar-refractivity contribution in [2.45, 2.75) is 23.9 Å². The summed E-state index contributed by atoms with van der Waals surface area (Å²) in [6.07, 6.45) is 0. The zero-order chi connectivity index (χ0) is 20.9. The summed E-state index contributed by atoms with van der Waals surface area (Å²) in [7, 11) is -3.59. The van der Waals surface area contributed by atoms with Crippen molar-refractivity contribution in [3.8, 4) is 23.1 Å². The van der Waals surface area contributed by atoms with Gasteiger partial charge in [0.05, 0.1) is 16.7 Å². The molecule has 29 heavy (non-hydrogen) atoms. The van der Waals surface area contributed by atoms with Crippen LogP contribution in [0.25, 0.3) is 17.1 Å². The molecule has 0 spiro atoms. The summed E-state index contributed by atoms with van der Waals surface area (Å²) >= 11 is 1.28. The number of benzene rings is 2. The van der Waals surface area contributed by atoms with E-state index < -0.39 is 10.0 Å². The Morgan fingerprint density at radius 3 is 2.45 bits per heavy atom. The summed E-state index contributed by atoms with van der Waals surface area (Å²) in [6.45, 7) is 4.43. The third kappa shape index (κ3) is 4.34. The Morgan fingerprint density at radius 2 is 1.79 bits per heavy atom. The average molecular weight is 428 g/mol. The molecule has 0 bridgehead atoms. The fourth-order valence-electron chi connectivity index (χ4n) is 2.97. The number of aromatic nitrogens is 3. The zero-order valence-electron chi connectivity index (χ0n) is 16.2. The highest BCUT2D eigenvalue weighted by Crippen LogP contribution is 2.29. The van der Waals surface area contributed by atoms with E-state index in [4.69, 9.17) is 5.26 Å². The summed E-state index contributed by atoms with van der Waals surface area (Å²) in [5, 5.41) is 18.0. The highest BCUT2D eigenvalue weighted by atomic mass is 32.2. The van der Waals surface area contributed by atoms with E-state index in [1.165, 1.54) is 16.1 Å². The van der Waals surface area contributed by atoms with E-state index in [0.717, 1.165) is 5.69 Å². The van der Waals surface area contributed by atoms with Gasteiger partial charge in [0.2, 0.25) is 10.0 Å². The quantitative estimate of drug-likeness (QED) is 0.510. The van der Waals surface area contributed by atoms with E-state index >= 15 is 0 Å². The summed E-state index contributed by atoms with van der Waals surface area (Å²) in [6, 6.07) is 18.4.